The lowest BCUT2D eigenvalue weighted by atomic mass is 9.84. The van der Waals surface area contributed by atoms with Crippen LogP contribution in [0.4, 0.5) is 13.6 Å². The predicted molar refractivity (Wildman–Crippen MR) is 109 cm³/mol. The summed E-state index contributed by atoms with van der Waals surface area (Å²) in [6.45, 7) is 7.35. The number of likely N-dealkylation sites (tertiary alicyclic amines) is 1. The summed E-state index contributed by atoms with van der Waals surface area (Å²) in [6, 6.07) is 13.1. The highest BCUT2D eigenvalue weighted by molar-refractivity contribution is 5.68. The smallest absolute Gasteiger partial charge is 0.407 e. The molecule has 2 atom stereocenters. The summed E-state index contributed by atoms with van der Waals surface area (Å²) in [5, 5.41) is 2.89. The first kappa shape index (κ1) is 21.2. The molecule has 1 saturated heterocycles. The minimum Gasteiger partial charge on any atom is -0.444 e. The quantitative estimate of drug-likeness (QED) is 0.795. The molecule has 6 heteroatoms. The van der Waals surface area contributed by atoms with E-state index < -0.39 is 29.4 Å². The number of carbonyl (C=O) groups is 1. The number of halogens is 2. The van der Waals surface area contributed by atoms with Gasteiger partial charge in [0, 0.05) is 19.0 Å². The van der Waals surface area contributed by atoms with Crippen LogP contribution in [0.15, 0.2) is 48.5 Å². The van der Waals surface area contributed by atoms with E-state index in [-0.39, 0.29) is 5.92 Å². The second kappa shape index (κ2) is 8.91. The van der Waals surface area contributed by atoms with Crippen LogP contribution in [0.2, 0.25) is 0 Å². The van der Waals surface area contributed by atoms with Crippen LogP contribution in [-0.4, -0.2) is 35.7 Å². The summed E-state index contributed by atoms with van der Waals surface area (Å²) in [5.41, 5.74) is 0.826. The molecule has 1 N–H and O–H groups in total. The minimum atomic E-state index is -0.637. The molecule has 0 aliphatic carbocycles. The molecular formula is C23H28F2N2O2. The van der Waals surface area contributed by atoms with Gasteiger partial charge < -0.3 is 10.1 Å². The molecule has 2 aromatic rings. The summed E-state index contributed by atoms with van der Waals surface area (Å²) >= 11 is 0. The van der Waals surface area contributed by atoms with E-state index in [0.717, 1.165) is 25.2 Å². The van der Waals surface area contributed by atoms with Crippen molar-refractivity contribution in [1.29, 1.82) is 0 Å². The Kier molecular flexibility index (Phi) is 6.52. The molecule has 1 aliphatic rings. The zero-order valence-electron chi connectivity index (χ0n) is 17.1. The fourth-order valence-electron chi connectivity index (χ4n) is 3.78. The topological polar surface area (TPSA) is 41.6 Å². The molecule has 156 valence electrons. The molecule has 1 heterocycles. The van der Waals surface area contributed by atoms with E-state index >= 15 is 0 Å². The van der Waals surface area contributed by atoms with Crippen LogP contribution in [0.25, 0.3) is 0 Å². The van der Waals surface area contributed by atoms with E-state index in [2.05, 4.69) is 22.3 Å². The van der Waals surface area contributed by atoms with Crippen molar-refractivity contribution < 1.29 is 18.3 Å². The Labute approximate surface area is 170 Å². The number of hydrogen-bond donors (Lipinski definition) is 1. The van der Waals surface area contributed by atoms with E-state index in [9.17, 15) is 13.6 Å². The van der Waals surface area contributed by atoms with Gasteiger partial charge in [-0.05, 0) is 63.1 Å². The first-order valence-corrected chi connectivity index (χ1v) is 9.92. The van der Waals surface area contributed by atoms with Gasteiger partial charge >= 0.3 is 6.09 Å². The average Bonchev–Trinajstić information content (AvgIpc) is 2.63. The number of nitrogens with one attached hydrogen (secondary N) is 1. The lowest BCUT2D eigenvalue weighted by molar-refractivity contribution is 0.0454. The van der Waals surface area contributed by atoms with Gasteiger partial charge in [-0.15, -0.1) is 0 Å². The fourth-order valence-corrected chi connectivity index (χ4v) is 3.78. The summed E-state index contributed by atoms with van der Waals surface area (Å²) in [4.78, 5) is 14.6. The van der Waals surface area contributed by atoms with Crippen molar-refractivity contribution in [1.82, 2.24) is 10.2 Å². The monoisotopic (exact) mass is 402 g/mol. The number of piperidine rings is 1. The third-order valence-electron chi connectivity index (χ3n) is 5.01. The molecule has 0 aromatic heterocycles. The highest BCUT2D eigenvalue weighted by Crippen LogP contribution is 2.31. The van der Waals surface area contributed by atoms with Crippen LogP contribution in [0.3, 0.4) is 0 Å². The van der Waals surface area contributed by atoms with Gasteiger partial charge in [-0.2, -0.15) is 0 Å². The molecule has 1 fully saturated rings. The fraction of sp³-hybridized carbons (Fsp3) is 0.435. The van der Waals surface area contributed by atoms with E-state index in [4.69, 9.17) is 4.74 Å². The Morgan fingerprint density at radius 2 is 1.90 bits per heavy atom. The summed E-state index contributed by atoms with van der Waals surface area (Å²) in [5.74, 6) is -1.27. The number of ether oxygens (including phenoxy) is 1. The number of carbonyl (C=O) groups excluding carboxylic acids is 1. The SMILES string of the molecule is CC(C)(C)OC(=O)NC1CN(Cc2ccccc2)CCC1c1cc(F)ccc1F. The highest BCUT2D eigenvalue weighted by atomic mass is 19.1. The molecule has 1 aliphatic heterocycles. The maximum Gasteiger partial charge on any atom is 0.407 e. The molecule has 3 rings (SSSR count). The zero-order valence-corrected chi connectivity index (χ0v) is 17.1. The summed E-state index contributed by atoms with van der Waals surface area (Å²) in [7, 11) is 0. The molecule has 0 bridgehead atoms. The van der Waals surface area contributed by atoms with Crippen molar-refractivity contribution in [2.45, 2.75) is 51.3 Å². The molecular weight excluding hydrogens is 374 g/mol. The minimum absolute atomic E-state index is 0.297. The van der Waals surface area contributed by atoms with Crippen molar-refractivity contribution in [3.63, 3.8) is 0 Å². The van der Waals surface area contributed by atoms with Crippen molar-refractivity contribution in [2.75, 3.05) is 13.1 Å². The molecule has 29 heavy (non-hydrogen) atoms. The van der Waals surface area contributed by atoms with E-state index in [1.807, 2.05) is 18.2 Å². The van der Waals surface area contributed by atoms with E-state index in [0.29, 0.717) is 18.5 Å². The number of hydrogen-bond acceptors (Lipinski definition) is 3. The molecule has 1 amide bonds. The Morgan fingerprint density at radius 1 is 1.17 bits per heavy atom. The van der Waals surface area contributed by atoms with Gasteiger partial charge in [0.25, 0.3) is 0 Å². The second-order valence-electron chi connectivity index (χ2n) is 8.53. The largest absolute Gasteiger partial charge is 0.444 e. The van der Waals surface area contributed by atoms with Crippen LogP contribution in [-0.2, 0) is 11.3 Å². The van der Waals surface area contributed by atoms with Crippen LogP contribution >= 0.6 is 0 Å². The van der Waals surface area contributed by atoms with E-state index in [1.54, 1.807) is 20.8 Å². The van der Waals surface area contributed by atoms with Crippen molar-refractivity contribution in [3.8, 4) is 0 Å². The number of benzene rings is 2. The Balaban J connectivity index is 1.79. The summed E-state index contributed by atoms with van der Waals surface area (Å²) in [6.07, 6.45) is 0.0547. The Morgan fingerprint density at radius 3 is 2.59 bits per heavy atom. The van der Waals surface area contributed by atoms with Gasteiger partial charge in [0.1, 0.15) is 17.2 Å². The number of amides is 1. The first-order chi connectivity index (χ1) is 13.7. The predicted octanol–water partition coefficient (Wildman–Crippen LogP) is 4.85. The van der Waals surface area contributed by atoms with Crippen molar-refractivity contribution in [2.24, 2.45) is 0 Å². The van der Waals surface area contributed by atoms with Gasteiger partial charge in [-0.1, -0.05) is 30.3 Å². The standard InChI is InChI=1S/C23H28F2N2O2/c1-23(2,3)29-22(28)26-21-15-27(14-16-7-5-4-6-8-16)12-11-18(21)19-13-17(24)9-10-20(19)25/h4-10,13,18,21H,11-12,14-15H2,1-3H3,(H,26,28). The Hall–Kier alpha value is -2.47. The van der Waals surface area contributed by atoms with Gasteiger partial charge in [0.05, 0.1) is 6.04 Å². The third kappa shape index (κ3) is 6.00. The highest BCUT2D eigenvalue weighted by Gasteiger charge is 2.34. The van der Waals surface area contributed by atoms with E-state index in [1.165, 1.54) is 11.6 Å². The molecule has 4 nitrogen and oxygen atoms in total. The molecule has 2 aromatic carbocycles. The average molecular weight is 402 g/mol. The second-order valence-corrected chi connectivity index (χ2v) is 8.53. The van der Waals surface area contributed by atoms with Gasteiger partial charge in [0.2, 0.25) is 0 Å². The van der Waals surface area contributed by atoms with Crippen LogP contribution in [0.5, 0.6) is 0 Å². The number of nitrogens with zero attached hydrogens (tertiary/aromatic N) is 1. The maximum absolute atomic E-state index is 14.5. The van der Waals surface area contributed by atoms with Gasteiger partial charge in [-0.3, -0.25) is 4.90 Å². The van der Waals surface area contributed by atoms with Crippen LogP contribution in [0, 0.1) is 11.6 Å². The zero-order chi connectivity index (χ0) is 21.0. The third-order valence-corrected chi connectivity index (χ3v) is 5.01. The lowest BCUT2D eigenvalue weighted by Crippen LogP contribution is -2.52. The number of rotatable bonds is 4. The van der Waals surface area contributed by atoms with Crippen LogP contribution < -0.4 is 5.32 Å². The molecule has 0 saturated carbocycles. The summed E-state index contributed by atoms with van der Waals surface area (Å²) < 4.78 is 33.6. The lowest BCUT2D eigenvalue weighted by Gasteiger charge is -2.39. The molecule has 0 radical (unpaired) electrons. The molecule has 2 unspecified atom stereocenters. The van der Waals surface area contributed by atoms with Gasteiger partial charge in [-0.25, -0.2) is 13.6 Å². The van der Waals surface area contributed by atoms with Crippen molar-refractivity contribution in [3.05, 3.63) is 71.3 Å². The van der Waals surface area contributed by atoms with Crippen LogP contribution in [0.1, 0.15) is 44.2 Å². The van der Waals surface area contributed by atoms with Crippen molar-refractivity contribution >= 4 is 6.09 Å². The first-order valence-electron chi connectivity index (χ1n) is 9.92. The maximum atomic E-state index is 14.5. The molecule has 0 spiro atoms. The normalized spacial score (nSPS) is 20.3. The van der Waals surface area contributed by atoms with Gasteiger partial charge in [0.15, 0.2) is 0 Å². The Bertz CT molecular complexity index is 837. The number of alkyl carbamates (subject to hydrolysis) is 1.